The Kier molecular flexibility index (Phi) is 3.00. The molecule has 0 aliphatic heterocycles. The third-order valence-electron chi connectivity index (χ3n) is 3.29. The van der Waals surface area contributed by atoms with Crippen molar-refractivity contribution in [2.24, 2.45) is 17.7 Å². The number of anilines is 2. The fraction of sp³-hybridized carbons (Fsp3) is 0.455. The van der Waals surface area contributed by atoms with Crippen molar-refractivity contribution in [1.29, 1.82) is 0 Å². The number of nitrogens with two attached hydrogens (primary N) is 1. The minimum Gasteiger partial charge on any atom is -0.354 e. The Morgan fingerprint density at radius 1 is 1.37 bits per heavy atom. The van der Waals surface area contributed by atoms with Gasteiger partial charge in [0.15, 0.2) is 0 Å². The molecule has 1 saturated carbocycles. The number of nitrogens with zero attached hydrogens (tertiary/aromatic N) is 5. The molecule has 0 aromatic carbocycles. The quantitative estimate of drug-likeness (QED) is 0.528. The van der Waals surface area contributed by atoms with Crippen molar-refractivity contribution in [2.75, 3.05) is 17.3 Å². The zero-order valence-corrected chi connectivity index (χ0v) is 10.6. The molecule has 1 fully saturated rings. The maximum Gasteiger partial charge on any atom is 0.243 e. The van der Waals surface area contributed by atoms with Crippen LogP contribution in [0.5, 0.6) is 0 Å². The lowest BCUT2D eigenvalue weighted by atomic mass is 10.3. The summed E-state index contributed by atoms with van der Waals surface area (Å²) in [5.41, 5.74) is 2.45. The van der Waals surface area contributed by atoms with Crippen molar-refractivity contribution in [2.45, 2.75) is 13.3 Å². The van der Waals surface area contributed by atoms with Gasteiger partial charge in [-0.05, 0) is 18.3 Å². The third-order valence-corrected chi connectivity index (χ3v) is 3.29. The highest BCUT2D eigenvalue weighted by atomic mass is 15.4. The molecule has 8 nitrogen and oxygen atoms in total. The van der Waals surface area contributed by atoms with Gasteiger partial charge in [-0.25, -0.2) is 10.8 Å². The lowest BCUT2D eigenvalue weighted by molar-refractivity contribution is 0.776. The average Bonchev–Trinajstić information content (AvgIpc) is 2.93. The van der Waals surface area contributed by atoms with Crippen molar-refractivity contribution in [3.8, 4) is 5.95 Å². The van der Waals surface area contributed by atoms with Crippen LogP contribution in [0.3, 0.4) is 0 Å². The van der Waals surface area contributed by atoms with E-state index in [1.165, 1.54) is 6.42 Å². The second kappa shape index (κ2) is 4.81. The molecule has 2 unspecified atom stereocenters. The molecule has 1 aliphatic carbocycles. The summed E-state index contributed by atoms with van der Waals surface area (Å²) in [5, 5.41) is 3.22. The molecule has 8 heteroatoms. The fourth-order valence-corrected chi connectivity index (χ4v) is 1.91. The van der Waals surface area contributed by atoms with Crippen molar-refractivity contribution in [3.63, 3.8) is 0 Å². The van der Waals surface area contributed by atoms with Gasteiger partial charge in [-0.2, -0.15) is 15.0 Å². The summed E-state index contributed by atoms with van der Waals surface area (Å²) in [7, 11) is 0. The molecule has 0 spiro atoms. The van der Waals surface area contributed by atoms with Gasteiger partial charge in [-0.15, -0.1) is 0 Å². The second-order valence-electron chi connectivity index (χ2n) is 4.75. The predicted octanol–water partition coefficient (Wildman–Crippen LogP) is 0.411. The molecule has 2 aromatic rings. The van der Waals surface area contributed by atoms with Gasteiger partial charge in [0.25, 0.3) is 0 Å². The number of rotatable bonds is 5. The first-order chi connectivity index (χ1) is 9.26. The Balaban J connectivity index is 1.80. The van der Waals surface area contributed by atoms with Gasteiger partial charge in [0.1, 0.15) is 6.33 Å². The van der Waals surface area contributed by atoms with E-state index in [4.69, 9.17) is 5.84 Å². The Labute approximate surface area is 110 Å². The van der Waals surface area contributed by atoms with E-state index >= 15 is 0 Å². The van der Waals surface area contributed by atoms with Crippen molar-refractivity contribution in [3.05, 3.63) is 18.7 Å². The van der Waals surface area contributed by atoms with Crippen LogP contribution in [0.15, 0.2) is 18.7 Å². The smallest absolute Gasteiger partial charge is 0.243 e. The van der Waals surface area contributed by atoms with Crippen molar-refractivity contribution >= 4 is 11.9 Å². The second-order valence-corrected chi connectivity index (χ2v) is 4.75. The van der Waals surface area contributed by atoms with Crippen molar-refractivity contribution in [1.82, 2.24) is 24.5 Å². The normalized spacial score (nSPS) is 21.2. The zero-order chi connectivity index (χ0) is 13.2. The SMILES string of the molecule is CC1CC1CNc1nc(NN)nc(-n2ccnc2)n1. The van der Waals surface area contributed by atoms with Crippen LogP contribution in [0.4, 0.5) is 11.9 Å². The zero-order valence-electron chi connectivity index (χ0n) is 10.6. The van der Waals surface area contributed by atoms with E-state index in [2.05, 4.69) is 37.6 Å². The molecule has 0 amide bonds. The molecule has 0 bridgehead atoms. The molecule has 19 heavy (non-hydrogen) atoms. The maximum atomic E-state index is 5.38. The summed E-state index contributed by atoms with van der Waals surface area (Å²) in [5.74, 6) is 8.20. The van der Waals surface area contributed by atoms with Crippen LogP contribution in [0.25, 0.3) is 5.95 Å². The van der Waals surface area contributed by atoms with E-state index in [0.29, 0.717) is 23.8 Å². The number of nitrogens with one attached hydrogen (secondary N) is 2. The molecule has 100 valence electrons. The van der Waals surface area contributed by atoms with E-state index in [1.54, 1.807) is 23.3 Å². The van der Waals surface area contributed by atoms with E-state index in [1.807, 2.05) is 0 Å². The van der Waals surface area contributed by atoms with Crippen molar-refractivity contribution < 1.29 is 0 Å². The Morgan fingerprint density at radius 2 is 2.16 bits per heavy atom. The Hall–Kier alpha value is -2.22. The molecule has 2 heterocycles. The highest BCUT2D eigenvalue weighted by Gasteiger charge is 2.32. The third kappa shape index (κ3) is 2.63. The number of hydrogen-bond donors (Lipinski definition) is 3. The first-order valence-electron chi connectivity index (χ1n) is 6.21. The standard InChI is InChI=1S/C11H16N8/c1-7-4-8(7)5-14-9-15-10(18-12)17-11(16-9)19-3-2-13-6-19/h2-3,6-8H,4-5,12H2,1H3,(H2,14,15,16,17,18). The summed E-state index contributed by atoms with van der Waals surface area (Å²) < 4.78 is 1.70. The van der Waals surface area contributed by atoms with Crippen LogP contribution in [0.1, 0.15) is 13.3 Å². The van der Waals surface area contributed by atoms with Gasteiger partial charge in [0.05, 0.1) is 0 Å². The number of hydrazine groups is 1. The summed E-state index contributed by atoms with van der Waals surface area (Å²) in [4.78, 5) is 16.7. The van der Waals surface area contributed by atoms with E-state index < -0.39 is 0 Å². The fourth-order valence-electron chi connectivity index (χ4n) is 1.91. The van der Waals surface area contributed by atoms with Gasteiger partial charge in [0, 0.05) is 18.9 Å². The molecule has 2 atom stereocenters. The van der Waals surface area contributed by atoms with Gasteiger partial charge in [-0.3, -0.25) is 9.99 Å². The first-order valence-corrected chi connectivity index (χ1v) is 6.21. The average molecular weight is 260 g/mol. The summed E-state index contributed by atoms with van der Waals surface area (Å²) in [6, 6.07) is 0. The minimum atomic E-state index is 0.324. The Bertz CT molecular complexity index is 552. The molecular weight excluding hydrogens is 244 g/mol. The highest BCUT2D eigenvalue weighted by molar-refractivity contribution is 5.37. The van der Waals surface area contributed by atoms with Gasteiger partial charge in [0.2, 0.25) is 17.8 Å². The van der Waals surface area contributed by atoms with E-state index in [0.717, 1.165) is 12.5 Å². The van der Waals surface area contributed by atoms with Crippen LogP contribution in [-0.4, -0.2) is 31.0 Å². The molecule has 4 N–H and O–H groups in total. The van der Waals surface area contributed by atoms with Gasteiger partial charge < -0.3 is 5.32 Å². The topological polar surface area (TPSA) is 107 Å². The molecule has 0 saturated heterocycles. The number of imidazole rings is 1. The number of hydrogen-bond acceptors (Lipinski definition) is 7. The van der Waals surface area contributed by atoms with Gasteiger partial charge >= 0.3 is 0 Å². The minimum absolute atomic E-state index is 0.324. The predicted molar refractivity (Wildman–Crippen MR) is 70.5 cm³/mol. The van der Waals surface area contributed by atoms with Crippen LogP contribution in [0, 0.1) is 11.8 Å². The monoisotopic (exact) mass is 260 g/mol. The maximum absolute atomic E-state index is 5.38. The molecule has 0 radical (unpaired) electrons. The molecule has 1 aliphatic rings. The molecule has 3 rings (SSSR count). The number of nitrogen functional groups attached to an aromatic ring is 1. The van der Waals surface area contributed by atoms with Crippen LogP contribution in [0.2, 0.25) is 0 Å². The first kappa shape index (κ1) is 11.8. The van der Waals surface area contributed by atoms with Gasteiger partial charge in [-0.1, -0.05) is 6.92 Å². The lowest BCUT2D eigenvalue weighted by Crippen LogP contribution is -2.16. The molecular formula is C11H16N8. The van der Waals surface area contributed by atoms with E-state index in [9.17, 15) is 0 Å². The highest BCUT2D eigenvalue weighted by Crippen LogP contribution is 2.37. The molecule has 2 aromatic heterocycles. The lowest BCUT2D eigenvalue weighted by Gasteiger charge is -2.08. The Morgan fingerprint density at radius 3 is 2.79 bits per heavy atom. The summed E-state index contributed by atoms with van der Waals surface area (Å²) in [6.45, 7) is 3.11. The largest absolute Gasteiger partial charge is 0.354 e. The van der Waals surface area contributed by atoms with Crippen LogP contribution >= 0.6 is 0 Å². The summed E-state index contributed by atoms with van der Waals surface area (Å²) >= 11 is 0. The number of aromatic nitrogens is 5. The van der Waals surface area contributed by atoms with Crippen LogP contribution in [-0.2, 0) is 0 Å². The van der Waals surface area contributed by atoms with Crippen LogP contribution < -0.4 is 16.6 Å². The van der Waals surface area contributed by atoms with E-state index in [-0.39, 0.29) is 0 Å². The summed E-state index contributed by atoms with van der Waals surface area (Å²) in [6.07, 6.45) is 6.32.